The quantitative estimate of drug-likeness (QED) is 0.420. The Hall–Kier alpha value is -0.230. The number of terminal acetylenes is 1. The van der Waals surface area contributed by atoms with Crippen molar-refractivity contribution in [3.8, 4) is 12.3 Å². The summed E-state index contributed by atoms with van der Waals surface area (Å²) in [5, 5.41) is 0.00281. The molecular weight excluding hydrogens is 312 g/mol. The van der Waals surface area contributed by atoms with Crippen LogP contribution in [0.3, 0.4) is 0 Å². The molecule has 1 rings (SSSR count). The zero-order chi connectivity index (χ0) is 13.4. The summed E-state index contributed by atoms with van der Waals surface area (Å²) in [5.74, 6) is 2.49. The first-order valence-electron chi connectivity index (χ1n) is 6.38. The Balaban J connectivity index is 2.69. The van der Waals surface area contributed by atoms with Crippen molar-refractivity contribution in [2.45, 2.75) is 55.0 Å². The third-order valence-electron chi connectivity index (χ3n) is 3.03. The van der Waals surface area contributed by atoms with E-state index in [1.165, 1.54) is 0 Å². The molecule has 0 aromatic heterocycles. The highest BCUT2D eigenvalue weighted by Crippen LogP contribution is 2.26. The summed E-state index contributed by atoms with van der Waals surface area (Å²) in [6.07, 6.45) is 17.0. The van der Waals surface area contributed by atoms with E-state index < -0.39 is 0 Å². The lowest BCUT2D eigenvalue weighted by atomic mass is 10.0. The molecule has 0 unspecified atom stereocenters. The molecule has 0 radical (unpaired) electrons. The first-order valence-corrected chi connectivity index (χ1v) is 7.74. The topological polar surface area (TPSA) is 9.23 Å². The SMILES string of the molecule is C#C/C=C\C[C@@H]1O[C@H]([C@H](Br)CC)CC=CC[C@@H]1Cl. The monoisotopic (exact) mass is 330 g/mol. The minimum absolute atomic E-state index is 0.00281. The standard InChI is InChI=1S/C15H20BrClO/c1-3-5-6-11-15-13(17)9-7-8-10-14(18-15)12(16)4-2/h1,5-8,12-15H,4,9-11H2,2H3/b6-5-,8-7?/t12-,13+,14+,15+/m1/s1. The number of hydrogen-bond donors (Lipinski definition) is 0. The number of ether oxygens (including phenoxy) is 1. The van der Waals surface area contributed by atoms with E-state index in [1.807, 2.05) is 6.08 Å². The zero-order valence-corrected chi connectivity index (χ0v) is 13.0. The minimum atomic E-state index is 0.00281. The van der Waals surface area contributed by atoms with Crippen molar-refractivity contribution >= 4 is 27.5 Å². The molecule has 0 aromatic rings. The van der Waals surface area contributed by atoms with Crippen molar-refractivity contribution in [3.05, 3.63) is 24.3 Å². The Labute approximate surface area is 124 Å². The Kier molecular flexibility index (Phi) is 7.74. The van der Waals surface area contributed by atoms with Gasteiger partial charge >= 0.3 is 0 Å². The Morgan fingerprint density at radius 1 is 1.56 bits per heavy atom. The molecule has 0 saturated heterocycles. The molecule has 0 aliphatic carbocycles. The van der Waals surface area contributed by atoms with E-state index in [0.29, 0.717) is 4.83 Å². The summed E-state index contributed by atoms with van der Waals surface area (Å²) in [7, 11) is 0. The number of halogens is 2. The normalized spacial score (nSPS) is 30.7. The van der Waals surface area contributed by atoms with Crippen LogP contribution in [0.5, 0.6) is 0 Å². The van der Waals surface area contributed by atoms with Gasteiger partial charge in [-0.05, 0) is 31.8 Å². The average Bonchev–Trinajstić information content (AvgIpc) is 2.37. The second kappa shape index (κ2) is 8.80. The molecule has 1 nitrogen and oxygen atoms in total. The molecule has 0 bridgehead atoms. The molecule has 1 aliphatic rings. The molecule has 0 spiro atoms. The molecular formula is C15H20BrClO. The summed E-state index contributed by atoms with van der Waals surface area (Å²) in [6, 6.07) is 0. The molecule has 18 heavy (non-hydrogen) atoms. The van der Waals surface area contributed by atoms with Gasteiger partial charge < -0.3 is 4.74 Å². The lowest BCUT2D eigenvalue weighted by Crippen LogP contribution is -2.34. The van der Waals surface area contributed by atoms with Crippen molar-refractivity contribution in [1.82, 2.24) is 0 Å². The lowest BCUT2D eigenvalue weighted by molar-refractivity contribution is -0.0122. The summed E-state index contributed by atoms with van der Waals surface area (Å²) in [4.78, 5) is 0.364. The largest absolute Gasteiger partial charge is 0.372 e. The second-order valence-electron chi connectivity index (χ2n) is 4.40. The highest BCUT2D eigenvalue weighted by molar-refractivity contribution is 9.09. The molecule has 1 heterocycles. The fraction of sp³-hybridized carbons (Fsp3) is 0.600. The fourth-order valence-corrected chi connectivity index (χ4v) is 2.55. The van der Waals surface area contributed by atoms with Crippen LogP contribution in [0.4, 0.5) is 0 Å². The van der Waals surface area contributed by atoms with E-state index in [2.05, 4.69) is 40.9 Å². The molecule has 0 aromatic carbocycles. The van der Waals surface area contributed by atoms with Gasteiger partial charge in [-0.25, -0.2) is 0 Å². The van der Waals surface area contributed by atoms with Crippen molar-refractivity contribution < 1.29 is 4.74 Å². The second-order valence-corrected chi connectivity index (χ2v) is 6.14. The van der Waals surface area contributed by atoms with Crippen LogP contribution in [0.2, 0.25) is 0 Å². The van der Waals surface area contributed by atoms with Gasteiger partial charge in [0.2, 0.25) is 0 Å². The van der Waals surface area contributed by atoms with Crippen LogP contribution < -0.4 is 0 Å². The summed E-state index contributed by atoms with van der Waals surface area (Å²) < 4.78 is 6.15. The van der Waals surface area contributed by atoms with Crippen LogP contribution in [-0.4, -0.2) is 22.4 Å². The summed E-state index contributed by atoms with van der Waals surface area (Å²) >= 11 is 10.1. The van der Waals surface area contributed by atoms with Crippen LogP contribution >= 0.6 is 27.5 Å². The lowest BCUT2D eigenvalue weighted by Gasteiger charge is -2.30. The van der Waals surface area contributed by atoms with Gasteiger partial charge in [0.25, 0.3) is 0 Å². The molecule has 3 heteroatoms. The van der Waals surface area contributed by atoms with Gasteiger partial charge in [0, 0.05) is 4.83 Å². The van der Waals surface area contributed by atoms with Gasteiger partial charge in [-0.1, -0.05) is 47.0 Å². The Morgan fingerprint density at radius 3 is 2.94 bits per heavy atom. The number of rotatable bonds is 4. The molecule has 0 N–H and O–H groups in total. The predicted octanol–water partition coefficient (Wildman–Crippen LogP) is 4.45. The molecule has 100 valence electrons. The molecule has 0 amide bonds. The van der Waals surface area contributed by atoms with Gasteiger partial charge in [0.1, 0.15) is 0 Å². The van der Waals surface area contributed by atoms with E-state index >= 15 is 0 Å². The van der Waals surface area contributed by atoms with Gasteiger partial charge in [-0.15, -0.1) is 18.0 Å². The van der Waals surface area contributed by atoms with Crippen molar-refractivity contribution in [2.24, 2.45) is 0 Å². The number of allylic oxidation sites excluding steroid dienone is 2. The smallest absolute Gasteiger partial charge is 0.0780 e. The van der Waals surface area contributed by atoms with E-state index in [9.17, 15) is 0 Å². The maximum absolute atomic E-state index is 6.37. The Morgan fingerprint density at radius 2 is 2.28 bits per heavy atom. The third kappa shape index (κ3) is 5.18. The van der Waals surface area contributed by atoms with E-state index in [1.54, 1.807) is 6.08 Å². The van der Waals surface area contributed by atoms with Crippen LogP contribution in [0, 0.1) is 12.3 Å². The van der Waals surface area contributed by atoms with Crippen LogP contribution in [0.15, 0.2) is 24.3 Å². The van der Waals surface area contributed by atoms with Crippen molar-refractivity contribution in [3.63, 3.8) is 0 Å². The highest BCUT2D eigenvalue weighted by Gasteiger charge is 2.26. The van der Waals surface area contributed by atoms with E-state index in [-0.39, 0.29) is 17.6 Å². The van der Waals surface area contributed by atoms with Gasteiger partial charge in [0.05, 0.1) is 17.6 Å². The van der Waals surface area contributed by atoms with Crippen LogP contribution in [0.25, 0.3) is 0 Å². The molecule has 4 atom stereocenters. The molecule has 0 saturated carbocycles. The Bertz CT molecular complexity index is 332. The van der Waals surface area contributed by atoms with Gasteiger partial charge in [-0.3, -0.25) is 0 Å². The third-order valence-corrected chi connectivity index (χ3v) is 4.72. The number of alkyl halides is 2. The summed E-state index contributed by atoms with van der Waals surface area (Å²) in [6.45, 7) is 2.15. The maximum atomic E-state index is 6.37. The van der Waals surface area contributed by atoms with Gasteiger partial charge in [-0.2, -0.15) is 0 Å². The minimum Gasteiger partial charge on any atom is -0.372 e. The molecule has 0 fully saturated rings. The van der Waals surface area contributed by atoms with Crippen molar-refractivity contribution in [2.75, 3.05) is 0 Å². The predicted molar refractivity (Wildman–Crippen MR) is 82.3 cm³/mol. The van der Waals surface area contributed by atoms with Crippen LogP contribution in [-0.2, 0) is 4.74 Å². The van der Waals surface area contributed by atoms with E-state index in [4.69, 9.17) is 22.8 Å². The van der Waals surface area contributed by atoms with Crippen molar-refractivity contribution in [1.29, 1.82) is 0 Å². The van der Waals surface area contributed by atoms with Gasteiger partial charge in [0.15, 0.2) is 0 Å². The maximum Gasteiger partial charge on any atom is 0.0780 e. The number of hydrogen-bond acceptors (Lipinski definition) is 1. The summed E-state index contributed by atoms with van der Waals surface area (Å²) in [5.41, 5.74) is 0. The zero-order valence-electron chi connectivity index (χ0n) is 10.7. The fourth-order valence-electron chi connectivity index (χ4n) is 1.94. The van der Waals surface area contributed by atoms with Crippen LogP contribution in [0.1, 0.15) is 32.6 Å². The first kappa shape index (κ1) is 15.8. The first-order chi connectivity index (χ1) is 8.69. The average molecular weight is 332 g/mol. The van der Waals surface area contributed by atoms with E-state index in [0.717, 1.165) is 25.7 Å². The molecule has 1 aliphatic heterocycles. The highest BCUT2D eigenvalue weighted by atomic mass is 79.9.